The molecule has 3 aromatic rings. The third-order valence-electron chi connectivity index (χ3n) is 3.27. The van der Waals surface area contributed by atoms with Crippen molar-refractivity contribution in [3.63, 3.8) is 0 Å². The third kappa shape index (κ3) is 3.73. The van der Waals surface area contributed by atoms with E-state index in [9.17, 15) is 17.6 Å². The topological polar surface area (TPSA) is 81.1 Å². The Morgan fingerprint density at radius 3 is 2.68 bits per heavy atom. The summed E-state index contributed by atoms with van der Waals surface area (Å²) in [4.78, 5) is 11.4. The van der Waals surface area contributed by atoms with Gasteiger partial charge in [0.05, 0.1) is 11.4 Å². The van der Waals surface area contributed by atoms with E-state index in [-0.39, 0.29) is 20.5 Å². The Balaban J connectivity index is 1.92. The average Bonchev–Trinajstić information content (AvgIpc) is 3.04. The molecule has 0 radical (unpaired) electrons. The average molecular weight is 400 g/mol. The molecule has 25 heavy (non-hydrogen) atoms. The van der Waals surface area contributed by atoms with E-state index in [1.54, 1.807) is 5.38 Å². The van der Waals surface area contributed by atoms with E-state index in [2.05, 4.69) is 9.82 Å². The summed E-state index contributed by atoms with van der Waals surface area (Å²) in [6.45, 7) is 0. The Bertz CT molecular complexity index is 1110. The van der Waals surface area contributed by atoms with Crippen molar-refractivity contribution in [2.75, 3.05) is 4.72 Å². The van der Waals surface area contributed by atoms with E-state index in [1.165, 1.54) is 37.4 Å². The van der Waals surface area contributed by atoms with Crippen molar-refractivity contribution in [2.45, 2.75) is 4.21 Å². The Morgan fingerprint density at radius 2 is 2.00 bits per heavy atom. The van der Waals surface area contributed by atoms with Gasteiger partial charge in [-0.1, -0.05) is 11.6 Å². The Labute approximate surface area is 151 Å². The highest BCUT2D eigenvalue weighted by molar-refractivity contribution is 7.94. The van der Waals surface area contributed by atoms with Gasteiger partial charge in [-0.15, -0.1) is 11.3 Å². The highest BCUT2D eigenvalue weighted by Gasteiger charge is 2.19. The molecule has 0 aliphatic carbocycles. The number of rotatable bonds is 4. The molecule has 0 saturated heterocycles. The summed E-state index contributed by atoms with van der Waals surface area (Å²) in [6.07, 6.45) is 0. The van der Waals surface area contributed by atoms with E-state index >= 15 is 0 Å². The maximum atomic E-state index is 13.8. The normalized spacial score (nSPS) is 11.5. The van der Waals surface area contributed by atoms with Gasteiger partial charge in [-0.3, -0.25) is 9.52 Å². The lowest BCUT2D eigenvalue weighted by Crippen LogP contribution is -2.18. The predicted molar refractivity (Wildman–Crippen MR) is 95.0 cm³/mol. The van der Waals surface area contributed by atoms with Crippen LogP contribution in [0, 0.1) is 5.82 Å². The molecule has 0 aliphatic heterocycles. The highest BCUT2D eigenvalue weighted by atomic mass is 35.5. The monoisotopic (exact) mass is 399 g/mol. The zero-order chi connectivity index (χ0) is 18.2. The molecule has 2 aromatic heterocycles. The van der Waals surface area contributed by atoms with E-state index in [4.69, 9.17) is 11.6 Å². The lowest BCUT2D eigenvalue weighted by molar-refractivity contribution is 0.600. The van der Waals surface area contributed by atoms with E-state index in [0.29, 0.717) is 11.3 Å². The van der Waals surface area contributed by atoms with Crippen LogP contribution in [-0.2, 0) is 17.1 Å². The van der Waals surface area contributed by atoms with Gasteiger partial charge in [-0.2, -0.15) is 5.10 Å². The second-order valence-electron chi connectivity index (χ2n) is 5.06. The van der Waals surface area contributed by atoms with E-state index in [0.717, 1.165) is 22.1 Å². The standard InChI is InChI=1S/C15H11ClFN3O3S2/c1-20-14(21)5-4-12(18-20)9-6-15(24-8-9)25(22,23)19-13-3-2-10(16)7-11(13)17/h2-8,19H,1H3. The zero-order valence-electron chi connectivity index (χ0n) is 12.7. The summed E-state index contributed by atoms with van der Waals surface area (Å²) in [5.74, 6) is -0.771. The van der Waals surface area contributed by atoms with Crippen molar-refractivity contribution in [1.82, 2.24) is 9.78 Å². The number of hydrogen-bond acceptors (Lipinski definition) is 5. The predicted octanol–water partition coefficient (Wildman–Crippen LogP) is 3.10. The minimum Gasteiger partial charge on any atom is -0.276 e. The maximum absolute atomic E-state index is 13.8. The van der Waals surface area contributed by atoms with Crippen molar-refractivity contribution in [3.05, 3.63) is 63.0 Å². The quantitative estimate of drug-likeness (QED) is 0.730. The molecule has 0 amide bonds. The van der Waals surface area contributed by atoms with Gasteiger partial charge in [0.2, 0.25) is 0 Å². The molecule has 1 N–H and O–H groups in total. The smallest absolute Gasteiger partial charge is 0.271 e. The van der Waals surface area contributed by atoms with E-state index < -0.39 is 15.8 Å². The van der Waals surface area contributed by atoms with Crippen molar-refractivity contribution in [2.24, 2.45) is 7.05 Å². The summed E-state index contributed by atoms with van der Waals surface area (Å²) in [5, 5.41) is 5.83. The molecular weight excluding hydrogens is 389 g/mol. The molecule has 0 spiro atoms. The summed E-state index contributed by atoms with van der Waals surface area (Å²) < 4.78 is 42.0. The van der Waals surface area contributed by atoms with Crippen LogP contribution in [-0.4, -0.2) is 18.2 Å². The van der Waals surface area contributed by atoms with Crippen LogP contribution in [0.5, 0.6) is 0 Å². The molecule has 0 aliphatic rings. The Kier molecular flexibility index (Phi) is 4.63. The van der Waals surface area contributed by atoms with Crippen LogP contribution in [0.4, 0.5) is 10.1 Å². The van der Waals surface area contributed by atoms with Crippen molar-refractivity contribution >= 4 is 38.6 Å². The Morgan fingerprint density at radius 1 is 1.24 bits per heavy atom. The number of anilines is 1. The number of thiophene rings is 1. The van der Waals surface area contributed by atoms with Gasteiger partial charge in [0.15, 0.2) is 0 Å². The second kappa shape index (κ2) is 6.58. The fourth-order valence-electron chi connectivity index (χ4n) is 2.02. The second-order valence-corrected chi connectivity index (χ2v) is 8.32. The first-order valence-corrected chi connectivity index (χ1v) is 9.61. The molecular formula is C15H11ClFN3O3S2. The minimum absolute atomic E-state index is 0.00694. The largest absolute Gasteiger partial charge is 0.276 e. The molecule has 2 heterocycles. The number of hydrogen-bond donors (Lipinski definition) is 1. The van der Waals surface area contributed by atoms with Gasteiger partial charge in [0, 0.05) is 29.1 Å². The number of nitrogens with zero attached hydrogens (tertiary/aromatic N) is 2. The van der Waals surface area contributed by atoms with Crippen LogP contribution in [0.1, 0.15) is 0 Å². The number of benzene rings is 1. The third-order valence-corrected chi connectivity index (χ3v) is 6.31. The first-order chi connectivity index (χ1) is 11.8. The highest BCUT2D eigenvalue weighted by Crippen LogP contribution is 2.29. The number of aryl methyl sites for hydroxylation is 1. The molecule has 0 bridgehead atoms. The number of aromatic nitrogens is 2. The molecule has 10 heteroatoms. The number of nitrogens with one attached hydrogen (secondary N) is 1. The molecule has 0 saturated carbocycles. The first kappa shape index (κ1) is 17.6. The van der Waals surface area contributed by atoms with Crippen molar-refractivity contribution in [1.29, 1.82) is 0 Å². The van der Waals surface area contributed by atoms with Gasteiger partial charge in [-0.05, 0) is 30.3 Å². The van der Waals surface area contributed by atoms with Gasteiger partial charge in [0.1, 0.15) is 10.0 Å². The molecule has 6 nitrogen and oxygen atoms in total. The summed E-state index contributed by atoms with van der Waals surface area (Å²) in [5.41, 5.74) is 0.529. The molecule has 0 fully saturated rings. The van der Waals surface area contributed by atoms with Crippen LogP contribution >= 0.6 is 22.9 Å². The van der Waals surface area contributed by atoms with Crippen LogP contribution in [0.15, 0.2) is 50.8 Å². The Hall–Kier alpha value is -2.23. The van der Waals surface area contributed by atoms with Crippen molar-refractivity contribution < 1.29 is 12.8 Å². The van der Waals surface area contributed by atoms with E-state index in [1.807, 2.05) is 0 Å². The molecule has 3 rings (SSSR count). The van der Waals surface area contributed by atoms with Crippen LogP contribution in [0.25, 0.3) is 11.3 Å². The van der Waals surface area contributed by atoms with Crippen LogP contribution in [0.3, 0.4) is 0 Å². The van der Waals surface area contributed by atoms with Gasteiger partial charge >= 0.3 is 0 Å². The maximum Gasteiger partial charge on any atom is 0.271 e. The van der Waals surface area contributed by atoms with Crippen LogP contribution < -0.4 is 10.3 Å². The minimum atomic E-state index is -3.97. The lowest BCUT2D eigenvalue weighted by atomic mass is 10.2. The molecule has 0 atom stereocenters. The number of halogens is 2. The van der Waals surface area contributed by atoms with Gasteiger partial charge in [-0.25, -0.2) is 17.5 Å². The molecule has 1 aromatic carbocycles. The van der Waals surface area contributed by atoms with Crippen molar-refractivity contribution in [3.8, 4) is 11.3 Å². The SMILES string of the molecule is Cn1nc(-c2csc(S(=O)(=O)Nc3ccc(Cl)cc3F)c2)ccc1=O. The summed E-state index contributed by atoms with van der Waals surface area (Å²) >= 11 is 6.62. The fourth-order valence-corrected chi connectivity index (χ4v) is 4.41. The zero-order valence-corrected chi connectivity index (χ0v) is 15.1. The fraction of sp³-hybridized carbons (Fsp3) is 0.0667. The number of sulfonamides is 1. The van der Waals surface area contributed by atoms with Gasteiger partial charge < -0.3 is 0 Å². The van der Waals surface area contributed by atoms with Crippen LogP contribution in [0.2, 0.25) is 5.02 Å². The first-order valence-electron chi connectivity index (χ1n) is 6.87. The summed E-state index contributed by atoms with van der Waals surface area (Å²) in [7, 11) is -2.46. The molecule has 130 valence electrons. The lowest BCUT2D eigenvalue weighted by Gasteiger charge is -2.07. The van der Waals surface area contributed by atoms with Gasteiger partial charge in [0.25, 0.3) is 15.6 Å². The summed E-state index contributed by atoms with van der Waals surface area (Å²) in [6, 6.07) is 7.92. The molecule has 0 unspecified atom stereocenters.